The maximum atomic E-state index is 10.3. The Bertz CT molecular complexity index is 192. The summed E-state index contributed by atoms with van der Waals surface area (Å²) in [6.45, 7) is 0. The highest BCUT2D eigenvalue weighted by molar-refractivity contribution is 8.76. The Labute approximate surface area is 88.8 Å². The smallest absolute Gasteiger partial charge is 0.321 e. The van der Waals surface area contributed by atoms with E-state index < -0.39 is 24.0 Å². The molecule has 0 unspecified atom stereocenters. The van der Waals surface area contributed by atoms with Gasteiger partial charge in [-0.2, -0.15) is 0 Å². The predicted molar refractivity (Wildman–Crippen MR) is 56.1 cm³/mol. The number of hydrogen-bond donors (Lipinski definition) is 4. The van der Waals surface area contributed by atoms with Crippen molar-refractivity contribution in [2.24, 2.45) is 11.5 Å². The van der Waals surface area contributed by atoms with Gasteiger partial charge in [0.2, 0.25) is 0 Å². The van der Waals surface area contributed by atoms with Crippen molar-refractivity contribution in [3.63, 3.8) is 0 Å². The van der Waals surface area contributed by atoms with Crippen LogP contribution in [0.4, 0.5) is 0 Å². The summed E-state index contributed by atoms with van der Waals surface area (Å²) < 4.78 is 0. The van der Waals surface area contributed by atoms with Gasteiger partial charge < -0.3 is 21.7 Å². The van der Waals surface area contributed by atoms with Crippen LogP contribution in [0.15, 0.2) is 0 Å². The molecule has 0 bridgehead atoms. The molecule has 0 saturated heterocycles. The third kappa shape index (κ3) is 6.08. The molecule has 2 atom stereocenters. The molecular weight excluding hydrogens is 230 g/mol. The van der Waals surface area contributed by atoms with Crippen LogP contribution in [0.25, 0.3) is 0 Å². The molecule has 0 radical (unpaired) electrons. The number of carboxylic acid groups (broad SMARTS) is 2. The molecule has 0 fully saturated rings. The summed E-state index contributed by atoms with van der Waals surface area (Å²) >= 11 is 0. The van der Waals surface area contributed by atoms with Gasteiger partial charge in [0.1, 0.15) is 12.1 Å². The highest BCUT2D eigenvalue weighted by Gasteiger charge is 2.14. The second kappa shape index (κ2) is 6.93. The Morgan fingerprint density at radius 2 is 1.86 bits per heavy atom. The average Bonchev–Trinajstić information content (AvgIpc) is 2.11. The molecule has 0 heterocycles. The van der Waals surface area contributed by atoms with Gasteiger partial charge in [-0.25, -0.2) is 0 Å². The SMILES string of the molecule is N[C@@H](CSS[14CH2][C@H](N)C(=O)O)C(=O)O. The second-order valence-electron chi connectivity index (χ2n) is 2.46. The molecule has 0 spiro atoms. The summed E-state index contributed by atoms with van der Waals surface area (Å²) in [5.41, 5.74) is 10.4. The van der Waals surface area contributed by atoms with E-state index in [9.17, 15) is 9.59 Å². The van der Waals surface area contributed by atoms with Crippen LogP contribution in [0.5, 0.6) is 0 Å². The molecule has 14 heavy (non-hydrogen) atoms. The summed E-state index contributed by atoms with van der Waals surface area (Å²) in [6, 6.07) is -1.85. The van der Waals surface area contributed by atoms with E-state index in [4.69, 9.17) is 21.7 Å². The van der Waals surface area contributed by atoms with Crippen LogP contribution in [0.3, 0.4) is 0 Å². The lowest BCUT2D eigenvalue weighted by Crippen LogP contribution is -2.33. The van der Waals surface area contributed by atoms with Crippen LogP contribution < -0.4 is 11.5 Å². The second-order valence-corrected chi connectivity index (χ2v) is 5.01. The molecule has 0 aromatic rings. The standard InChI is InChI=1S/C6H12N2O4S2/c7-3(5(9)10)1-13-14-2-4(8)6(11)12/h3-4H,1-2,7-8H2,(H,9,10)(H,11,12)/t3-,4-/m0/s1/i1+2. The van der Waals surface area contributed by atoms with Gasteiger partial charge in [-0.3, -0.25) is 9.59 Å². The molecule has 6 N–H and O–H groups in total. The molecule has 0 amide bonds. The molecule has 0 aliphatic heterocycles. The molecule has 6 nitrogen and oxygen atoms in total. The van der Waals surface area contributed by atoms with E-state index in [1.165, 1.54) is 21.6 Å². The third-order valence-corrected chi connectivity index (χ3v) is 3.69. The van der Waals surface area contributed by atoms with Crippen molar-refractivity contribution in [3.8, 4) is 0 Å². The zero-order valence-corrected chi connectivity index (χ0v) is 8.88. The zero-order chi connectivity index (χ0) is 11.1. The van der Waals surface area contributed by atoms with Crippen LogP contribution in [0.1, 0.15) is 0 Å². The lowest BCUT2D eigenvalue weighted by Gasteiger charge is -2.07. The molecule has 8 heteroatoms. The van der Waals surface area contributed by atoms with E-state index in [-0.39, 0.29) is 11.5 Å². The van der Waals surface area contributed by atoms with Gasteiger partial charge >= 0.3 is 11.9 Å². The van der Waals surface area contributed by atoms with Gasteiger partial charge in [0, 0.05) is 11.5 Å². The monoisotopic (exact) mass is 242 g/mol. The fraction of sp³-hybridized carbons (Fsp3) is 0.667. The van der Waals surface area contributed by atoms with E-state index in [2.05, 4.69) is 0 Å². The maximum Gasteiger partial charge on any atom is 0.321 e. The van der Waals surface area contributed by atoms with Crippen LogP contribution in [-0.2, 0) is 9.59 Å². The maximum absolute atomic E-state index is 10.3. The minimum Gasteiger partial charge on any atom is -0.480 e. The lowest BCUT2D eigenvalue weighted by molar-refractivity contribution is -0.138. The molecule has 0 saturated carbocycles. The minimum atomic E-state index is -1.07. The van der Waals surface area contributed by atoms with Crippen LogP contribution in [0.2, 0.25) is 0 Å². The van der Waals surface area contributed by atoms with Crippen LogP contribution in [-0.4, -0.2) is 45.7 Å². The van der Waals surface area contributed by atoms with E-state index in [1.807, 2.05) is 0 Å². The van der Waals surface area contributed by atoms with Crippen molar-refractivity contribution in [2.75, 3.05) is 11.5 Å². The van der Waals surface area contributed by atoms with Gasteiger partial charge in [-0.1, -0.05) is 21.6 Å². The molecule has 0 aliphatic carbocycles. The zero-order valence-electron chi connectivity index (χ0n) is 7.25. The first kappa shape index (κ1) is 13.6. The lowest BCUT2D eigenvalue weighted by atomic mass is 10.4. The summed E-state index contributed by atoms with van der Waals surface area (Å²) in [5.74, 6) is -1.68. The molecule has 0 aliphatic rings. The van der Waals surface area contributed by atoms with E-state index in [0.29, 0.717) is 0 Å². The summed E-state index contributed by atoms with van der Waals surface area (Å²) in [7, 11) is 2.41. The highest BCUT2D eigenvalue weighted by Crippen LogP contribution is 2.22. The Kier molecular flexibility index (Phi) is 6.71. The third-order valence-electron chi connectivity index (χ3n) is 1.21. The van der Waals surface area contributed by atoms with E-state index in [0.717, 1.165) is 0 Å². The molecule has 82 valence electrons. The molecule has 0 aromatic carbocycles. The van der Waals surface area contributed by atoms with Crippen molar-refractivity contribution in [2.45, 2.75) is 12.1 Å². The van der Waals surface area contributed by atoms with Gasteiger partial charge in [-0.05, 0) is 0 Å². The first-order valence-corrected chi connectivity index (χ1v) is 6.15. The first-order valence-electron chi connectivity index (χ1n) is 3.66. The summed E-state index contributed by atoms with van der Waals surface area (Å²) in [4.78, 5) is 20.5. The fourth-order valence-electron chi connectivity index (χ4n) is 0.385. The molecular formula is C6H12N2O4S2. The normalized spacial score (nSPS) is 14.7. The number of hydrogen-bond acceptors (Lipinski definition) is 6. The average molecular weight is 242 g/mol. The number of aliphatic carboxylic acids is 2. The van der Waals surface area contributed by atoms with Crippen molar-refractivity contribution < 1.29 is 19.8 Å². The van der Waals surface area contributed by atoms with Crippen molar-refractivity contribution in [3.05, 3.63) is 0 Å². The predicted octanol–water partition coefficient (Wildman–Crippen LogP) is -0.808. The Hall–Kier alpha value is -0.440. The summed E-state index contributed by atoms with van der Waals surface area (Å²) in [6.07, 6.45) is 0. The number of carboxylic acids is 2. The number of nitrogens with two attached hydrogens (primary N) is 2. The summed E-state index contributed by atoms with van der Waals surface area (Å²) in [5, 5.41) is 16.8. The minimum absolute atomic E-state index is 0.229. The Balaban J connectivity index is 3.47. The van der Waals surface area contributed by atoms with Gasteiger partial charge in [0.05, 0.1) is 0 Å². The largest absolute Gasteiger partial charge is 0.480 e. The fourth-order valence-corrected chi connectivity index (χ4v) is 2.61. The topological polar surface area (TPSA) is 127 Å². The van der Waals surface area contributed by atoms with Crippen molar-refractivity contribution in [1.29, 1.82) is 0 Å². The van der Waals surface area contributed by atoms with Gasteiger partial charge in [-0.15, -0.1) is 0 Å². The molecule has 0 rings (SSSR count). The van der Waals surface area contributed by atoms with E-state index >= 15 is 0 Å². The number of rotatable bonds is 7. The van der Waals surface area contributed by atoms with Crippen molar-refractivity contribution in [1.82, 2.24) is 0 Å². The van der Waals surface area contributed by atoms with E-state index in [1.54, 1.807) is 0 Å². The van der Waals surface area contributed by atoms with Crippen LogP contribution >= 0.6 is 21.6 Å². The Morgan fingerprint density at radius 3 is 2.29 bits per heavy atom. The van der Waals surface area contributed by atoms with Gasteiger partial charge in [0.25, 0.3) is 0 Å². The number of carbonyl (C=O) groups is 2. The van der Waals surface area contributed by atoms with Crippen molar-refractivity contribution >= 4 is 33.5 Å². The first-order chi connectivity index (χ1) is 6.45. The Morgan fingerprint density at radius 1 is 1.29 bits per heavy atom. The quantitative estimate of drug-likeness (QED) is 0.337. The molecule has 0 aromatic heterocycles. The highest BCUT2D eigenvalue weighted by atomic mass is 33.1. The van der Waals surface area contributed by atoms with Gasteiger partial charge in [0.15, 0.2) is 0 Å². The van der Waals surface area contributed by atoms with Crippen LogP contribution in [0, 0.1) is 0 Å².